The number of ether oxygens (including phenoxy) is 1. The van der Waals surface area contributed by atoms with E-state index in [0.717, 1.165) is 15.6 Å². The van der Waals surface area contributed by atoms with Gasteiger partial charge in [0.25, 0.3) is 0 Å². The molecular weight excluding hydrogens is 292 g/mol. The van der Waals surface area contributed by atoms with E-state index in [0.29, 0.717) is 11.3 Å². The number of halogens is 1. The summed E-state index contributed by atoms with van der Waals surface area (Å²) in [6.45, 7) is 3.93. The van der Waals surface area contributed by atoms with Gasteiger partial charge in [-0.1, -0.05) is 29.8 Å². The average Bonchev–Trinajstić information content (AvgIpc) is 2.33. The molecule has 0 radical (unpaired) electrons. The Morgan fingerprint density at radius 2 is 1.83 bits per heavy atom. The quantitative estimate of drug-likeness (QED) is 0.611. The molecular formula is C15H13BrO2. The highest BCUT2D eigenvalue weighted by Crippen LogP contribution is 2.22. The summed E-state index contributed by atoms with van der Waals surface area (Å²) in [5.41, 5.74) is 2.63. The molecule has 0 aliphatic heterocycles. The SMILES string of the molecule is Cc1ccc(OC(=O)c2ccccc2Br)c(C)c1. The Kier molecular flexibility index (Phi) is 3.82. The molecule has 2 aromatic carbocycles. The summed E-state index contributed by atoms with van der Waals surface area (Å²) in [6.07, 6.45) is 0. The molecule has 0 saturated heterocycles. The van der Waals surface area contributed by atoms with Crippen molar-refractivity contribution in [3.63, 3.8) is 0 Å². The fraction of sp³-hybridized carbons (Fsp3) is 0.133. The van der Waals surface area contributed by atoms with Crippen molar-refractivity contribution in [1.29, 1.82) is 0 Å². The smallest absolute Gasteiger partial charge is 0.344 e. The zero-order valence-corrected chi connectivity index (χ0v) is 11.8. The van der Waals surface area contributed by atoms with Crippen molar-refractivity contribution in [2.75, 3.05) is 0 Å². The van der Waals surface area contributed by atoms with Gasteiger partial charge in [0, 0.05) is 4.47 Å². The average molecular weight is 305 g/mol. The molecule has 0 aliphatic rings. The van der Waals surface area contributed by atoms with E-state index in [-0.39, 0.29) is 5.97 Å². The van der Waals surface area contributed by atoms with Crippen LogP contribution in [0.15, 0.2) is 46.9 Å². The lowest BCUT2D eigenvalue weighted by molar-refractivity contribution is 0.0732. The van der Waals surface area contributed by atoms with Crippen LogP contribution < -0.4 is 4.74 Å². The third-order valence-electron chi connectivity index (χ3n) is 2.63. The Hall–Kier alpha value is -1.61. The van der Waals surface area contributed by atoms with E-state index in [9.17, 15) is 4.79 Å². The summed E-state index contributed by atoms with van der Waals surface area (Å²) in [4.78, 5) is 12.0. The van der Waals surface area contributed by atoms with E-state index in [1.165, 1.54) is 0 Å². The van der Waals surface area contributed by atoms with Gasteiger partial charge < -0.3 is 4.74 Å². The van der Waals surface area contributed by atoms with E-state index in [2.05, 4.69) is 15.9 Å². The first-order valence-electron chi connectivity index (χ1n) is 5.62. The van der Waals surface area contributed by atoms with Crippen molar-refractivity contribution in [2.45, 2.75) is 13.8 Å². The number of carbonyl (C=O) groups excluding carboxylic acids is 1. The van der Waals surface area contributed by atoms with Gasteiger partial charge in [0.05, 0.1) is 5.56 Å². The Balaban J connectivity index is 2.24. The molecule has 0 aliphatic carbocycles. The van der Waals surface area contributed by atoms with Gasteiger partial charge in [-0.05, 0) is 53.5 Å². The Labute approximate surface area is 115 Å². The lowest BCUT2D eigenvalue weighted by Crippen LogP contribution is -2.10. The van der Waals surface area contributed by atoms with Crippen LogP contribution in [0.1, 0.15) is 21.5 Å². The highest BCUT2D eigenvalue weighted by Gasteiger charge is 2.12. The molecule has 18 heavy (non-hydrogen) atoms. The predicted octanol–water partition coefficient (Wildman–Crippen LogP) is 4.29. The standard InChI is InChI=1S/C15H13BrO2/c1-10-7-8-14(11(2)9-10)18-15(17)12-5-3-4-6-13(12)16/h3-9H,1-2H3. The summed E-state index contributed by atoms with van der Waals surface area (Å²) >= 11 is 3.34. The van der Waals surface area contributed by atoms with Crippen LogP contribution in [0.4, 0.5) is 0 Å². The molecule has 0 N–H and O–H groups in total. The maximum absolute atomic E-state index is 12.0. The van der Waals surface area contributed by atoms with Crippen LogP contribution >= 0.6 is 15.9 Å². The molecule has 92 valence electrons. The van der Waals surface area contributed by atoms with Crippen molar-refractivity contribution in [1.82, 2.24) is 0 Å². The van der Waals surface area contributed by atoms with Crippen molar-refractivity contribution in [3.05, 3.63) is 63.6 Å². The van der Waals surface area contributed by atoms with Gasteiger partial charge in [-0.25, -0.2) is 4.79 Å². The second-order valence-electron chi connectivity index (χ2n) is 4.14. The number of aryl methyl sites for hydroxylation is 2. The van der Waals surface area contributed by atoms with Crippen molar-refractivity contribution >= 4 is 21.9 Å². The zero-order chi connectivity index (χ0) is 13.1. The number of carbonyl (C=O) groups is 1. The third-order valence-corrected chi connectivity index (χ3v) is 3.32. The fourth-order valence-corrected chi connectivity index (χ4v) is 2.14. The topological polar surface area (TPSA) is 26.3 Å². The van der Waals surface area contributed by atoms with Gasteiger partial charge in [-0.3, -0.25) is 0 Å². The molecule has 2 aromatic rings. The van der Waals surface area contributed by atoms with E-state index < -0.39 is 0 Å². The minimum absolute atomic E-state index is 0.352. The zero-order valence-electron chi connectivity index (χ0n) is 10.2. The van der Waals surface area contributed by atoms with Gasteiger partial charge in [0.2, 0.25) is 0 Å². The van der Waals surface area contributed by atoms with Crippen LogP contribution in [0.5, 0.6) is 5.75 Å². The van der Waals surface area contributed by atoms with Gasteiger partial charge >= 0.3 is 5.97 Å². The highest BCUT2D eigenvalue weighted by molar-refractivity contribution is 9.10. The van der Waals surface area contributed by atoms with Crippen molar-refractivity contribution in [2.24, 2.45) is 0 Å². The number of rotatable bonds is 2. The fourth-order valence-electron chi connectivity index (χ4n) is 1.70. The molecule has 0 saturated carbocycles. The van der Waals surface area contributed by atoms with Gasteiger partial charge in [-0.2, -0.15) is 0 Å². The number of esters is 1. The van der Waals surface area contributed by atoms with Crippen LogP contribution in [-0.4, -0.2) is 5.97 Å². The van der Waals surface area contributed by atoms with Crippen LogP contribution in [0, 0.1) is 13.8 Å². The van der Waals surface area contributed by atoms with Crippen LogP contribution in [0.3, 0.4) is 0 Å². The van der Waals surface area contributed by atoms with Gasteiger partial charge in [0.1, 0.15) is 5.75 Å². The Bertz CT molecular complexity index is 591. The molecule has 0 unspecified atom stereocenters. The van der Waals surface area contributed by atoms with Gasteiger partial charge in [-0.15, -0.1) is 0 Å². The predicted molar refractivity (Wildman–Crippen MR) is 75.0 cm³/mol. The normalized spacial score (nSPS) is 10.2. The molecule has 2 rings (SSSR count). The van der Waals surface area contributed by atoms with E-state index in [4.69, 9.17) is 4.74 Å². The maximum Gasteiger partial charge on any atom is 0.344 e. The number of hydrogen-bond acceptors (Lipinski definition) is 2. The Morgan fingerprint density at radius 1 is 1.11 bits per heavy atom. The minimum Gasteiger partial charge on any atom is -0.423 e. The molecule has 0 spiro atoms. The molecule has 2 nitrogen and oxygen atoms in total. The van der Waals surface area contributed by atoms with Crippen LogP contribution in [-0.2, 0) is 0 Å². The second-order valence-corrected chi connectivity index (χ2v) is 4.99. The third kappa shape index (κ3) is 2.79. The number of benzene rings is 2. The molecule has 0 amide bonds. The molecule has 3 heteroatoms. The summed E-state index contributed by atoms with van der Waals surface area (Å²) in [5, 5.41) is 0. The minimum atomic E-state index is -0.352. The number of hydrogen-bond donors (Lipinski definition) is 0. The van der Waals surface area contributed by atoms with Crippen molar-refractivity contribution in [3.8, 4) is 5.75 Å². The van der Waals surface area contributed by atoms with Crippen molar-refractivity contribution < 1.29 is 9.53 Å². The summed E-state index contributed by atoms with van der Waals surface area (Å²) in [5.74, 6) is 0.246. The second kappa shape index (κ2) is 5.36. The Morgan fingerprint density at radius 3 is 2.50 bits per heavy atom. The van der Waals surface area contributed by atoms with Crippen LogP contribution in [0.25, 0.3) is 0 Å². The van der Waals surface area contributed by atoms with E-state index in [1.54, 1.807) is 6.07 Å². The molecule has 0 heterocycles. The van der Waals surface area contributed by atoms with Gasteiger partial charge in [0.15, 0.2) is 0 Å². The highest BCUT2D eigenvalue weighted by atomic mass is 79.9. The molecule has 0 aromatic heterocycles. The molecule has 0 fully saturated rings. The summed E-state index contributed by atoms with van der Waals surface area (Å²) in [7, 11) is 0. The first-order chi connectivity index (χ1) is 8.58. The lowest BCUT2D eigenvalue weighted by atomic mass is 10.1. The first kappa shape index (κ1) is 12.8. The first-order valence-corrected chi connectivity index (χ1v) is 6.41. The molecule has 0 bridgehead atoms. The largest absolute Gasteiger partial charge is 0.423 e. The van der Waals surface area contributed by atoms with Crippen LogP contribution in [0.2, 0.25) is 0 Å². The monoisotopic (exact) mass is 304 g/mol. The lowest BCUT2D eigenvalue weighted by Gasteiger charge is -2.08. The van der Waals surface area contributed by atoms with E-state index in [1.807, 2.05) is 50.2 Å². The summed E-state index contributed by atoms with van der Waals surface area (Å²) in [6, 6.07) is 13.0. The maximum atomic E-state index is 12.0. The molecule has 0 atom stereocenters. The van der Waals surface area contributed by atoms with E-state index >= 15 is 0 Å². The summed E-state index contributed by atoms with van der Waals surface area (Å²) < 4.78 is 6.13.